The first-order valence-electron chi connectivity index (χ1n) is 7.15. The van der Waals surface area contributed by atoms with Crippen LogP contribution in [0, 0.1) is 0 Å². The molecule has 0 bridgehead atoms. The molecule has 0 saturated carbocycles. The average molecular weight is 281 g/mol. The van der Waals surface area contributed by atoms with Crippen LogP contribution in [0.5, 0.6) is 0 Å². The Morgan fingerprint density at radius 1 is 1.30 bits per heavy atom. The summed E-state index contributed by atoms with van der Waals surface area (Å²) >= 11 is 0. The monoisotopic (exact) mass is 281 g/mol. The lowest BCUT2D eigenvalue weighted by Gasteiger charge is -2.35. The molecule has 112 valence electrons. The molecule has 2 heterocycles. The van der Waals surface area contributed by atoms with Crippen LogP contribution in [0.1, 0.15) is 31.2 Å². The van der Waals surface area contributed by atoms with Crippen LogP contribution in [-0.2, 0) is 20.6 Å². The quantitative estimate of drug-likeness (QED) is 0.831. The van der Waals surface area contributed by atoms with Crippen molar-refractivity contribution in [2.75, 3.05) is 13.2 Å². The minimum atomic E-state index is -0.302. The fraction of sp³-hybridized carbons (Fsp3) is 0.714. The SMILES string of the molecule is Cn1cc(CN2CCCCC2CCO)c(=O)n(C)c1=O. The van der Waals surface area contributed by atoms with Crippen molar-refractivity contribution >= 4 is 0 Å². The Morgan fingerprint density at radius 2 is 2.05 bits per heavy atom. The fourth-order valence-electron chi connectivity index (χ4n) is 2.95. The van der Waals surface area contributed by atoms with E-state index in [-0.39, 0.29) is 17.9 Å². The van der Waals surface area contributed by atoms with Crippen molar-refractivity contribution in [2.24, 2.45) is 14.1 Å². The van der Waals surface area contributed by atoms with Crippen molar-refractivity contribution in [1.29, 1.82) is 0 Å². The van der Waals surface area contributed by atoms with Crippen LogP contribution in [0.4, 0.5) is 0 Å². The molecule has 0 amide bonds. The summed E-state index contributed by atoms with van der Waals surface area (Å²) in [6.07, 6.45) is 5.73. The molecule has 6 heteroatoms. The van der Waals surface area contributed by atoms with Gasteiger partial charge in [-0.1, -0.05) is 6.42 Å². The van der Waals surface area contributed by atoms with Gasteiger partial charge in [-0.05, 0) is 25.8 Å². The Labute approximate surface area is 118 Å². The second-order valence-electron chi connectivity index (χ2n) is 5.54. The van der Waals surface area contributed by atoms with E-state index in [1.807, 2.05) is 0 Å². The highest BCUT2D eigenvalue weighted by atomic mass is 16.3. The highest BCUT2D eigenvalue weighted by molar-refractivity contribution is 5.06. The number of hydrogen-bond acceptors (Lipinski definition) is 4. The minimum absolute atomic E-state index is 0.173. The zero-order valence-corrected chi connectivity index (χ0v) is 12.2. The number of hydrogen-bond donors (Lipinski definition) is 1. The van der Waals surface area contributed by atoms with Crippen molar-refractivity contribution in [3.05, 3.63) is 32.6 Å². The molecule has 1 N–H and O–H groups in total. The van der Waals surface area contributed by atoms with E-state index < -0.39 is 0 Å². The maximum Gasteiger partial charge on any atom is 0.330 e. The highest BCUT2D eigenvalue weighted by Crippen LogP contribution is 2.20. The molecule has 6 nitrogen and oxygen atoms in total. The van der Waals surface area contributed by atoms with Crippen molar-refractivity contribution in [3.63, 3.8) is 0 Å². The Bertz CT molecular complexity index is 574. The lowest BCUT2D eigenvalue weighted by Crippen LogP contribution is -2.44. The summed E-state index contributed by atoms with van der Waals surface area (Å²) in [5.74, 6) is 0. The van der Waals surface area contributed by atoms with Crippen LogP contribution >= 0.6 is 0 Å². The molecule has 20 heavy (non-hydrogen) atoms. The maximum absolute atomic E-state index is 12.2. The number of nitrogens with zero attached hydrogens (tertiary/aromatic N) is 3. The summed E-state index contributed by atoms with van der Waals surface area (Å²) < 4.78 is 2.60. The molecular weight excluding hydrogens is 258 g/mol. The lowest BCUT2D eigenvalue weighted by molar-refractivity contribution is 0.111. The molecule has 1 unspecified atom stereocenters. The Balaban J connectivity index is 2.24. The van der Waals surface area contributed by atoms with E-state index in [4.69, 9.17) is 5.11 Å². The van der Waals surface area contributed by atoms with Crippen molar-refractivity contribution in [1.82, 2.24) is 14.0 Å². The number of aliphatic hydroxyl groups excluding tert-OH is 1. The first-order valence-corrected chi connectivity index (χ1v) is 7.15. The van der Waals surface area contributed by atoms with E-state index in [9.17, 15) is 9.59 Å². The number of piperidine rings is 1. The minimum Gasteiger partial charge on any atom is -0.396 e. The Hall–Kier alpha value is -1.40. The van der Waals surface area contributed by atoms with Gasteiger partial charge in [0.1, 0.15) is 0 Å². The molecule has 2 rings (SSSR count). The highest BCUT2D eigenvalue weighted by Gasteiger charge is 2.23. The Morgan fingerprint density at radius 3 is 2.75 bits per heavy atom. The Kier molecular flexibility index (Phi) is 4.77. The summed E-state index contributed by atoms with van der Waals surface area (Å²) in [4.78, 5) is 26.1. The maximum atomic E-state index is 12.2. The lowest BCUT2D eigenvalue weighted by atomic mass is 9.99. The summed E-state index contributed by atoms with van der Waals surface area (Å²) in [5, 5.41) is 9.14. The predicted octanol–water partition coefficient (Wildman–Crippen LogP) is -0.179. The molecule has 1 fully saturated rings. The number of likely N-dealkylation sites (tertiary alicyclic amines) is 1. The second kappa shape index (κ2) is 6.37. The molecule has 0 radical (unpaired) electrons. The van der Waals surface area contributed by atoms with Gasteiger partial charge in [-0.2, -0.15) is 0 Å². The van der Waals surface area contributed by atoms with Crippen LogP contribution in [0.15, 0.2) is 15.8 Å². The van der Waals surface area contributed by atoms with Crippen LogP contribution in [0.2, 0.25) is 0 Å². The predicted molar refractivity (Wildman–Crippen MR) is 76.7 cm³/mol. The van der Waals surface area contributed by atoms with E-state index in [2.05, 4.69) is 4.90 Å². The van der Waals surface area contributed by atoms with Crippen molar-refractivity contribution < 1.29 is 5.11 Å². The van der Waals surface area contributed by atoms with Gasteiger partial charge in [0.2, 0.25) is 0 Å². The number of rotatable bonds is 4. The van der Waals surface area contributed by atoms with E-state index in [0.29, 0.717) is 18.2 Å². The zero-order chi connectivity index (χ0) is 14.7. The number of aryl methyl sites for hydroxylation is 1. The first kappa shape index (κ1) is 15.0. The van der Waals surface area contributed by atoms with E-state index in [1.54, 1.807) is 13.2 Å². The number of aliphatic hydroxyl groups is 1. The van der Waals surface area contributed by atoms with Gasteiger partial charge in [0.15, 0.2) is 0 Å². The molecule has 1 aliphatic rings. The van der Waals surface area contributed by atoms with Gasteiger partial charge < -0.3 is 9.67 Å². The van der Waals surface area contributed by atoms with Gasteiger partial charge in [-0.3, -0.25) is 14.3 Å². The average Bonchev–Trinajstić information content (AvgIpc) is 2.45. The van der Waals surface area contributed by atoms with E-state index in [1.165, 1.54) is 18.0 Å². The topological polar surface area (TPSA) is 67.5 Å². The molecule has 0 spiro atoms. The summed E-state index contributed by atoms with van der Waals surface area (Å²) in [7, 11) is 3.17. The largest absolute Gasteiger partial charge is 0.396 e. The summed E-state index contributed by atoms with van der Waals surface area (Å²) in [5.41, 5.74) is 0.116. The smallest absolute Gasteiger partial charge is 0.330 e. The van der Waals surface area contributed by atoms with Gasteiger partial charge >= 0.3 is 5.69 Å². The summed E-state index contributed by atoms with van der Waals surface area (Å²) in [6, 6.07) is 0.329. The third-order valence-electron chi connectivity index (χ3n) is 4.10. The van der Waals surface area contributed by atoms with Gasteiger partial charge in [0, 0.05) is 45.0 Å². The number of aromatic nitrogens is 2. The normalized spacial score (nSPS) is 20.2. The van der Waals surface area contributed by atoms with Gasteiger partial charge in [0.25, 0.3) is 5.56 Å². The standard InChI is InChI=1S/C14H23N3O3/c1-15-9-11(13(19)16(2)14(15)20)10-17-7-4-3-5-12(17)6-8-18/h9,12,18H,3-8,10H2,1-2H3. The third-order valence-corrected chi connectivity index (χ3v) is 4.10. The third kappa shape index (κ3) is 3.02. The first-order chi connectivity index (χ1) is 9.54. The van der Waals surface area contributed by atoms with Crippen molar-refractivity contribution in [3.8, 4) is 0 Å². The molecule has 1 saturated heterocycles. The van der Waals surface area contributed by atoms with Crippen molar-refractivity contribution in [2.45, 2.75) is 38.3 Å². The molecule has 1 atom stereocenters. The van der Waals surface area contributed by atoms with Crippen LogP contribution in [0.3, 0.4) is 0 Å². The second-order valence-corrected chi connectivity index (χ2v) is 5.54. The van der Waals surface area contributed by atoms with Gasteiger partial charge in [-0.15, -0.1) is 0 Å². The fourth-order valence-corrected chi connectivity index (χ4v) is 2.95. The molecule has 1 aromatic rings. The molecular formula is C14H23N3O3. The van der Waals surface area contributed by atoms with E-state index in [0.717, 1.165) is 30.4 Å². The van der Waals surface area contributed by atoms with Gasteiger partial charge in [0.05, 0.1) is 0 Å². The molecule has 0 aromatic carbocycles. The molecule has 1 aliphatic heterocycles. The summed E-state index contributed by atoms with van der Waals surface area (Å²) in [6.45, 7) is 1.66. The van der Waals surface area contributed by atoms with E-state index >= 15 is 0 Å². The molecule has 0 aliphatic carbocycles. The molecule has 1 aromatic heterocycles. The van der Waals surface area contributed by atoms with Crippen LogP contribution < -0.4 is 11.2 Å². The van der Waals surface area contributed by atoms with Crippen LogP contribution in [-0.4, -0.2) is 38.3 Å². The van der Waals surface area contributed by atoms with Crippen LogP contribution in [0.25, 0.3) is 0 Å². The van der Waals surface area contributed by atoms with Gasteiger partial charge in [-0.25, -0.2) is 4.79 Å². The zero-order valence-electron chi connectivity index (χ0n) is 12.2.